The van der Waals surface area contributed by atoms with Crippen LogP contribution in [0.1, 0.15) is 37.8 Å². The third-order valence-corrected chi connectivity index (χ3v) is 7.31. The summed E-state index contributed by atoms with van der Waals surface area (Å²) in [5.41, 5.74) is 18.5. The molecule has 12 N–H and O–H groups in total. The van der Waals surface area contributed by atoms with E-state index in [1.807, 2.05) is 38.1 Å². The Kier molecular flexibility index (Phi) is 12.8. The number of aromatic amines is 1. The smallest absolute Gasteiger partial charge is 0.243 e. The van der Waals surface area contributed by atoms with E-state index >= 15 is 0 Å². The zero-order chi connectivity index (χ0) is 34.7. The molecule has 0 aliphatic heterocycles. The quantitative estimate of drug-likeness (QED) is 0.0869. The summed E-state index contributed by atoms with van der Waals surface area (Å²) in [6.07, 6.45) is 1.58. The van der Waals surface area contributed by atoms with E-state index in [0.29, 0.717) is 5.56 Å². The van der Waals surface area contributed by atoms with Gasteiger partial charge >= 0.3 is 0 Å². The maximum absolute atomic E-state index is 13.7. The van der Waals surface area contributed by atoms with Crippen LogP contribution in [0.2, 0.25) is 0 Å². The van der Waals surface area contributed by atoms with Gasteiger partial charge in [-0.05, 0) is 41.7 Å². The number of fused-ring (bicyclic) bond motifs is 1. The highest BCUT2D eigenvalue weighted by Crippen LogP contribution is 2.20. The third-order valence-electron chi connectivity index (χ3n) is 7.31. The molecule has 0 saturated carbocycles. The van der Waals surface area contributed by atoms with Crippen molar-refractivity contribution in [3.05, 3.63) is 65.9 Å². The van der Waals surface area contributed by atoms with Crippen LogP contribution < -0.4 is 38.5 Å². The summed E-state index contributed by atoms with van der Waals surface area (Å²) < 4.78 is 0. The van der Waals surface area contributed by atoms with E-state index in [1.54, 1.807) is 18.3 Å². The summed E-state index contributed by atoms with van der Waals surface area (Å²) >= 11 is 0. The van der Waals surface area contributed by atoms with Crippen molar-refractivity contribution in [3.63, 3.8) is 0 Å². The summed E-state index contributed by atoms with van der Waals surface area (Å²) in [6.45, 7) is 3.16. The highest BCUT2D eigenvalue weighted by molar-refractivity contribution is 5.96. The van der Waals surface area contributed by atoms with Crippen molar-refractivity contribution in [2.75, 3.05) is 6.54 Å². The minimum Gasteiger partial charge on any atom is -0.508 e. The van der Waals surface area contributed by atoms with E-state index in [9.17, 15) is 33.9 Å². The molecule has 1 heterocycles. The van der Waals surface area contributed by atoms with E-state index in [0.717, 1.165) is 16.5 Å². The SMILES string of the molecule is CC(C)C[C@H](NC(=O)CNC(=O)[C@@H](N)CC(N)=O)C(=O)N[C@@H](Cc1c[nH]c2ccccc12)C(=O)N[C@@H](Cc1ccc(O)cc1)C(N)=O. The Morgan fingerprint density at radius 3 is 2.09 bits per heavy atom. The van der Waals surface area contributed by atoms with E-state index in [-0.39, 0.29) is 30.9 Å². The molecule has 0 unspecified atom stereocenters. The van der Waals surface area contributed by atoms with Gasteiger partial charge in [0, 0.05) is 29.9 Å². The van der Waals surface area contributed by atoms with Crippen molar-refractivity contribution in [1.82, 2.24) is 26.3 Å². The van der Waals surface area contributed by atoms with Crippen LogP contribution >= 0.6 is 0 Å². The number of nitrogens with two attached hydrogens (primary N) is 3. The molecule has 3 rings (SSSR count). The van der Waals surface area contributed by atoms with E-state index < -0.39 is 72.6 Å². The number of para-hydroxylation sites is 1. The third kappa shape index (κ3) is 11.1. The van der Waals surface area contributed by atoms with Gasteiger partial charge < -0.3 is 48.6 Å². The normalized spacial score (nSPS) is 13.6. The maximum atomic E-state index is 13.7. The number of carbonyl (C=O) groups excluding carboxylic acids is 6. The van der Waals surface area contributed by atoms with Gasteiger partial charge in [0.15, 0.2) is 0 Å². The lowest BCUT2D eigenvalue weighted by atomic mass is 10.00. The average molecular weight is 651 g/mol. The number of benzene rings is 2. The molecule has 0 aliphatic rings. The minimum absolute atomic E-state index is 0.0302. The Balaban J connectivity index is 1.80. The summed E-state index contributed by atoms with van der Waals surface area (Å²) in [7, 11) is 0. The summed E-state index contributed by atoms with van der Waals surface area (Å²) in [5.74, 6) is -4.43. The van der Waals surface area contributed by atoms with Gasteiger partial charge in [-0.3, -0.25) is 28.8 Å². The van der Waals surface area contributed by atoms with E-state index in [1.165, 1.54) is 12.1 Å². The van der Waals surface area contributed by atoms with Crippen molar-refractivity contribution in [3.8, 4) is 5.75 Å². The van der Waals surface area contributed by atoms with Crippen LogP contribution in [-0.4, -0.2) is 76.2 Å². The van der Waals surface area contributed by atoms with Gasteiger partial charge in [-0.25, -0.2) is 0 Å². The first-order chi connectivity index (χ1) is 22.2. The zero-order valence-corrected chi connectivity index (χ0v) is 26.2. The molecule has 252 valence electrons. The lowest BCUT2D eigenvalue weighted by molar-refractivity contribution is -0.133. The van der Waals surface area contributed by atoms with Crippen LogP contribution in [0, 0.1) is 5.92 Å². The number of H-pyrrole nitrogens is 1. The molecule has 0 aliphatic carbocycles. The number of amides is 6. The fourth-order valence-electron chi connectivity index (χ4n) is 4.92. The van der Waals surface area contributed by atoms with Crippen molar-refractivity contribution < 1.29 is 33.9 Å². The van der Waals surface area contributed by atoms with Crippen LogP contribution in [0.3, 0.4) is 0 Å². The predicted molar refractivity (Wildman–Crippen MR) is 173 cm³/mol. The molecule has 47 heavy (non-hydrogen) atoms. The molecular weight excluding hydrogens is 608 g/mol. The number of carbonyl (C=O) groups is 6. The molecule has 3 aromatic rings. The fraction of sp³-hybridized carbons (Fsp3) is 0.375. The number of nitrogens with one attached hydrogen (secondary N) is 5. The van der Waals surface area contributed by atoms with Gasteiger partial charge in [-0.15, -0.1) is 0 Å². The summed E-state index contributed by atoms with van der Waals surface area (Å²) in [4.78, 5) is 78.7. The lowest BCUT2D eigenvalue weighted by Gasteiger charge is -2.26. The second-order valence-corrected chi connectivity index (χ2v) is 11.7. The van der Waals surface area contributed by atoms with Crippen molar-refractivity contribution in [2.24, 2.45) is 23.1 Å². The maximum Gasteiger partial charge on any atom is 0.243 e. The van der Waals surface area contributed by atoms with Crippen LogP contribution in [0.4, 0.5) is 0 Å². The largest absolute Gasteiger partial charge is 0.508 e. The van der Waals surface area contributed by atoms with Crippen LogP contribution in [0.5, 0.6) is 5.75 Å². The molecule has 6 amide bonds. The standard InChI is InChI=1S/C32H42N8O7/c1-17(2)11-25(38-28(43)16-37-30(45)22(33)14-27(34)42)31(46)40-26(13-19-15-36-23-6-4-3-5-21(19)23)32(47)39-24(29(35)44)12-18-7-9-20(41)10-8-18/h3-10,15,17,22,24-26,36,41H,11-14,16,33H2,1-2H3,(H2,34,42)(H2,35,44)(H,37,45)(H,38,43)(H,39,47)(H,40,46)/t22-,24-,25-,26-/m0/s1. The number of aromatic nitrogens is 1. The van der Waals surface area contributed by atoms with Crippen LogP contribution in [0.15, 0.2) is 54.7 Å². The Morgan fingerprint density at radius 1 is 0.809 bits per heavy atom. The number of primary amides is 2. The average Bonchev–Trinajstić information content (AvgIpc) is 3.41. The van der Waals surface area contributed by atoms with E-state index in [4.69, 9.17) is 17.2 Å². The number of hydrogen-bond donors (Lipinski definition) is 9. The molecule has 15 nitrogen and oxygen atoms in total. The molecule has 2 aromatic carbocycles. The number of phenolic OH excluding ortho intramolecular Hbond substituents is 1. The number of rotatable bonds is 17. The highest BCUT2D eigenvalue weighted by Gasteiger charge is 2.30. The van der Waals surface area contributed by atoms with Gasteiger partial charge in [0.2, 0.25) is 35.4 Å². The number of phenols is 1. The topological polar surface area (TPSA) is 265 Å². The molecule has 0 radical (unpaired) electrons. The van der Waals surface area contributed by atoms with Gasteiger partial charge in [-0.2, -0.15) is 0 Å². The fourth-order valence-corrected chi connectivity index (χ4v) is 4.92. The molecule has 4 atom stereocenters. The van der Waals surface area contributed by atoms with Crippen LogP contribution in [0.25, 0.3) is 10.9 Å². The zero-order valence-electron chi connectivity index (χ0n) is 26.2. The number of aromatic hydroxyl groups is 1. The second-order valence-electron chi connectivity index (χ2n) is 11.7. The first-order valence-electron chi connectivity index (χ1n) is 15.1. The van der Waals surface area contributed by atoms with Crippen molar-refractivity contribution in [2.45, 2.75) is 63.7 Å². The van der Waals surface area contributed by atoms with Gasteiger partial charge in [-0.1, -0.05) is 44.2 Å². The van der Waals surface area contributed by atoms with Crippen molar-refractivity contribution >= 4 is 46.3 Å². The van der Waals surface area contributed by atoms with E-state index in [2.05, 4.69) is 26.3 Å². The molecule has 0 fully saturated rings. The lowest BCUT2D eigenvalue weighted by Crippen LogP contribution is -2.58. The van der Waals surface area contributed by atoms with Gasteiger partial charge in [0.1, 0.15) is 23.9 Å². The Bertz CT molecular complexity index is 1590. The van der Waals surface area contributed by atoms with Crippen molar-refractivity contribution in [1.29, 1.82) is 0 Å². The first-order valence-corrected chi connectivity index (χ1v) is 15.1. The highest BCUT2D eigenvalue weighted by atomic mass is 16.3. The predicted octanol–water partition coefficient (Wildman–Crippen LogP) is -1.04. The summed E-state index contributed by atoms with van der Waals surface area (Å²) in [6, 6.07) is 8.82. The molecular formula is C32H42N8O7. The summed E-state index contributed by atoms with van der Waals surface area (Å²) in [5, 5.41) is 20.7. The number of hydrogen-bond acceptors (Lipinski definition) is 8. The molecule has 1 aromatic heterocycles. The minimum atomic E-state index is -1.24. The monoisotopic (exact) mass is 650 g/mol. The molecule has 0 spiro atoms. The molecule has 15 heteroatoms. The molecule has 0 saturated heterocycles. The van der Waals surface area contributed by atoms with Gasteiger partial charge in [0.05, 0.1) is 19.0 Å². The molecule has 0 bridgehead atoms. The second kappa shape index (κ2) is 16.7. The van der Waals surface area contributed by atoms with Crippen LogP contribution in [-0.2, 0) is 41.6 Å². The Morgan fingerprint density at radius 2 is 1.45 bits per heavy atom. The first kappa shape index (κ1) is 36.0. The van der Waals surface area contributed by atoms with Gasteiger partial charge in [0.25, 0.3) is 0 Å². The Labute approximate surface area is 271 Å². The Hall–Kier alpha value is -5.44.